The number of imidazole rings is 1. The lowest BCUT2D eigenvalue weighted by Crippen LogP contribution is -2.30. The highest BCUT2D eigenvalue weighted by Crippen LogP contribution is 2.29. The summed E-state index contributed by atoms with van der Waals surface area (Å²) < 4.78 is 9.14. The Labute approximate surface area is 157 Å². The van der Waals surface area contributed by atoms with Crippen molar-refractivity contribution in [3.63, 3.8) is 0 Å². The lowest BCUT2D eigenvalue weighted by molar-refractivity contribution is 0.0778. The monoisotopic (exact) mass is 368 g/mol. The Bertz CT molecular complexity index is 947. The van der Waals surface area contributed by atoms with Crippen molar-refractivity contribution < 1.29 is 9.53 Å². The molecule has 4 heterocycles. The molecule has 1 fully saturated rings. The molecule has 0 radical (unpaired) electrons. The standard InChI is InChI=1S/C19H24N6O2/c1-3-25-16(6-9-21-25)19(26)23-10-7-14(13-23)17-22-15-5-4-8-20-18(15)24(17)11-12-27-2/h4-6,8-9,14H,3,7,10-13H2,1-2H3. The van der Waals surface area contributed by atoms with E-state index in [-0.39, 0.29) is 11.8 Å². The normalized spacial score (nSPS) is 17.1. The van der Waals surface area contributed by atoms with Crippen LogP contribution in [0.25, 0.3) is 11.2 Å². The third kappa shape index (κ3) is 3.21. The number of hydrogen-bond donors (Lipinski definition) is 0. The van der Waals surface area contributed by atoms with Gasteiger partial charge in [-0.3, -0.25) is 9.48 Å². The quantitative estimate of drug-likeness (QED) is 0.664. The molecule has 3 aromatic heterocycles. The first kappa shape index (κ1) is 17.7. The summed E-state index contributed by atoms with van der Waals surface area (Å²) in [5.41, 5.74) is 2.41. The van der Waals surface area contributed by atoms with Gasteiger partial charge in [0.1, 0.15) is 17.0 Å². The Balaban J connectivity index is 1.59. The minimum absolute atomic E-state index is 0.0366. The molecule has 8 heteroatoms. The van der Waals surface area contributed by atoms with E-state index in [1.807, 2.05) is 24.0 Å². The second kappa shape index (κ2) is 7.48. The van der Waals surface area contributed by atoms with Gasteiger partial charge in [-0.05, 0) is 31.5 Å². The predicted octanol–water partition coefficient (Wildman–Crippen LogP) is 1.92. The zero-order chi connectivity index (χ0) is 18.8. The molecule has 1 aliphatic heterocycles. The first-order valence-electron chi connectivity index (χ1n) is 9.34. The number of nitrogens with zero attached hydrogens (tertiary/aromatic N) is 6. The Morgan fingerprint density at radius 3 is 3.04 bits per heavy atom. The lowest BCUT2D eigenvalue weighted by Gasteiger charge is -2.17. The number of carbonyl (C=O) groups is 1. The number of methoxy groups -OCH3 is 1. The molecule has 8 nitrogen and oxygen atoms in total. The average molecular weight is 368 g/mol. The van der Waals surface area contributed by atoms with E-state index >= 15 is 0 Å². The van der Waals surface area contributed by atoms with Gasteiger partial charge in [-0.1, -0.05) is 0 Å². The molecule has 1 unspecified atom stereocenters. The first-order chi connectivity index (χ1) is 13.2. The van der Waals surface area contributed by atoms with Crippen LogP contribution in [0, 0.1) is 0 Å². The number of pyridine rings is 1. The van der Waals surface area contributed by atoms with Crippen molar-refractivity contribution in [1.29, 1.82) is 0 Å². The van der Waals surface area contributed by atoms with Gasteiger partial charge in [0.2, 0.25) is 0 Å². The third-order valence-corrected chi connectivity index (χ3v) is 5.13. The first-order valence-corrected chi connectivity index (χ1v) is 9.34. The van der Waals surface area contributed by atoms with E-state index in [4.69, 9.17) is 9.72 Å². The van der Waals surface area contributed by atoms with Crippen LogP contribution < -0.4 is 0 Å². The fourth-order valence-corrected chi connectivity index (χ4v) is 3.77. The maximum atomic E-state index is 12.9. The summed E-state index contributed by atoms with van der Waals surface area (Å²) >= 11 is 0. The van der Waals surface area contributed by atoms with Crippen molar-refractivity contribution in [3.8, 4) is 0 Å². The number of carbonyl (C=O) groups excluding carboxylic acids is 1. The fraction of sp³-hybridized carbons (Fsp3) is 0.474. The van der Waals surface area contributed by atoms with Crippen molar-refractivity contribution in [2.24, 2.45) is 0 Å². The Morgan fingerprint density at radius 1 is 1.33 bits per heavy atom. The zero-order valence-corrected chi connectivity index (χ0v) is 15.7. The van der Waals surface area contributed by atoms with Crippen molar-refractivity contribution in [3.05, 3.63) is 42.1 Å². The number of likely N-dealkylation sites (tertiary alicyclic amines) is 1. The molecule has 0 N–H and O–H groups in total. The number of amides is 1. The fourth-order valence-electron chi connectivity index (χ4n) is 3.77. The molecule has 0 spiro atoms. The molecule has 0 aliphatic carbocycles. The van der Waals surface area contributed by atoms with Gasteiger partial charge in [0.25, 0.3) is 5.91 Å². The van der Waals surface area contributed by atoms with Crippen LogP contribution in [0.4, 0.5) is 0 Å². The van der Waals surface area contributed by atoms with E-state index in [0.717, 1.165) is 30.0 Å². The smallest absolute Gasteiger partial charge is 0.272 e. The van der Waals surface area contributed by atoms with Gasteiger partial charge in [0, 0.05) is 51.6 Å². The average Bonchev–Trinajstić information content (AvgIpc) is 3.43. The van der Waals surface area contributed by atoms with E-state index in [1.165, 1.54) is 0 Å². The number of aryl methyl sites for hydroxylation is 1. The lowest BCUT2D eigenvalue weighted by atomic mass is 10.1. The number of aromatic nitrogens is 5. The molecular formula is C19H24N6O2. The SMILES string of the molecule is CCn1nccc1C(=O)N1CCC(c2nc3cccnc3n2CCOC)C1. The van der Waals surface area contributed by atoms with Gasteiger partial charge in [-0.15, -0.1) is 0 Å². The maximum Gasteiger partial charge on any atom is 0.272 e. The molecule has 0 bridgehead atoms. The van der Waals surface area contributed by atoms with Gasteiger partial charge in [-0.25, -0.2) is 9.97 Å². The summed E-state index contributed by atoms with van der Waals surface area (Å²) in [5, 5.41) is 4.21. The maximum absolute atomic E-state index is 12.9. The Kier molecular flexibility index (Phi) is 4.89. The van der Waals surface area contributed by atoms with Crippen LogP contribution in [0.3, 0.4) is 0 Å². The van der Waals surface area contributed by atoms with Crippen molar-refractivity contribution in [1.82, 2.24) is 29.2 Å². The summed E-state index contributed by atoms with van der Waals surface area (Å²) in [6, 6.07) is 5.67. The van der Waals surface area contributed by atoms with Crippen LogP contribution in [0.15, 0.2) is 30.6 Å². The summed E-state index contributed by atoms with van der Waals surface area (Å²) in [6.07, 6.45) is 4.36. The summed E-state index contributed by atoms with van der Waals surface area (Å²) in [5.74, 6) is 1.22. The Morgan fingerprint density at radius 2 is 2.22 bits per heavy atom. The second-order valence-corrected chi connectivity index (χ2v) is 6.73. The second-order valence-electron chi connectivity index (χ2n) is 6.73. The molecule has 0 saturated carbocycles. The van der Waals surface area contributed by atoms with Gasteiger partial charge in [0.05, 0.1) is 6.61 Å². The molecular weight excluding hydrogens is 344 g/mol. The minimum atomic E-state index is 0.0366. The number of rotatable bonds is 6. The van der Waals surface area contributed by atoms with E-state index in [1.54, 1.807) is 30.3 Å². The van der Waals surface area contributed by atoms with Gasteiger partial charge in [-0.2, -0.15) is 5.10 Å². The molecule has 1 atom stereocenters. The highest BCUT2D eigenvalue weighted by atomic mass is 16.5. The highest BCUT2D eigenvalue weighted by molar-refractivity contribution is 5.92. The Hall–Kier alpha value is -2.74. The van der Waals surface area contributed by atoms with Crippen LogP contribution in [-0.2, 0) is 17.8 Å². The molecule has 3 aromatic rings. The van der Waals surface area contributed by atoms with Crippen molar-refractivity contribution >= 4 is 17.1 Å². The number of hydrogen-bond acceptors (Lipinski definition) is 5. The summed E-state index contributed by atoms with van der Waals surface area (Å²) in [6.45, 7) is 5.35. The predicted molar refractivity (Wildman–Crippen MR) is 101 cm³/mol. The zero-order valence-electron chi connectivity index (χ0n) is 15.7. The summed E-state index contributed by atoms with van der Waals surface area (Å²) in [4.78, 5) is 24.1. The van der Waals surface area contributed by atoms with Gasteiger partial charge >= 0.3 is 0 Å². The van der Waals surface area contributed by atoms with Crippen LogP contribution in [0.2, 0.25) is 0 Å². The van der Waals surface area contributed by atoms with Crippen molar-refractivity contribution in [2.75, 3.05) is 26.8 Å². The number of ether oxygens (including phenoxy) is 1. The van der Waals surface area contributed by atoms with Crippen LogP contribution in [-0.4, -0.2) is 61.9 Å². The molecule has 142 valence electrons. The van der Waals surface area contributed by atoms with Crippen LogP contribution >= 0.6 is 0 Å². The highest BCUT2D eigenvalue weighted by Gasteiger charge is 2.32. The van der Waals surface area contributed by atoms with Crippen LogP contribution in [0.1, 0.15) is 35.6 Å². The van der Waals surface area contributed by atoms with Gasteiger partial charge < -0.3 is 14.2 Å². The van der Waals surface area contributed by atoms with Gasteiger partial charge in [0.15, 0.2) is 5.65 Å². The van der Waals surface area contributed by atoms with E-state index in [2.05, 4.69) is 14.6 Å². The molecule has 1 amide bonds. The third-order valence-electron chi connectivity index (χ3n) is 5.13. The van der Waals surface area contributed by atoms with Crippen LogP contribution in [0.5, 0.6) is 0 Å². The largest absolute Gasteiger partial charge is 0.383 e. The molecule has 4 rings (SSSR count). The number of fused-ring (bicyclic) bond motifs is 1. The van der Waals surface area contributed by atoms with E-state index < -0.39 is 0 Å². The molecule has 1 aliphatic rings. The summed E-state index contributed by atoms with van der Waals surface area (Å²) in [7, 11) is 1.69. The molecule has 1 saturated heterocycles. The topological polar surface area (TPSA) is 78.1 Å². The van der Waals surface area contributed by atoms with E-state index in [9.17, 15) is 4.79 Å². The molecule has 27 heavy (non-hydrogen) atoms. The molecule has 0 aromatic carbocycles. The van der Waals surface area contributed by atoms with Crippen molar-refractivity contribution in [2.45, 2.75) is 32.4 Å². The minimum Gasteiger partial charge on any atom is -0.383 e. The van der Waals surface area contributed by atoms with E-state index in [0.29, 0.717) is 31.9 Å².